The number of aromatic hydroxyl groups is 2. The molecule has 0 spiro atoms. The summed E-state index contributed by atoms with van der Waals surface area (Å²) < 4.78 is 46.7. The zero-order valence-corrected chi connectivity index (χ0v) is 21.0. The second kappa shape index (κ2) is 8.10. The number of benzene rings is 5. The number of rotatable bonds is 3. The number of phenols is 2. The Hall–Kier alpha value is -4.79. The van der Waals surface area contributed by atoms with E-state index in [1.165, 1.54) is 18.2 Å². The summed E-state index contributed by atoms with van der Waals surface area (Å²) in [5.74, 6) is 0.791. The predicted octanol–water partition coefficient (Wildman–Crippen LogP) is 6.75. The highest BCUT2D eigenvalue weighted by Gasteiger charge is 2.39. The summed E-state index contributed by atoms with van der Waals surface area (Å²) in [5, 5.41) is 22.7. The number of hydrogen-bond donors (Lipinski definition) is 3. The van der Waals surface area contributed by atoms with Gasteiger partial charge in [0.05, 0.1) is 4.90 Å². The number of hydrogen-bond acceptors (Lipinski definition) is 6. The minimum absolute atomic E-state index is 0.117. The molecule has 0 bridgehead atoms. The molecule has 7 nitrogen and oxygen atoms in total. The number of fused-ring (bicyclic) bond motifs is 8. The Morgan fingerprint density at radius 2 is 1.33 bits per heavy atom. The molecule has 0 saturated carbocycles. The lowest BCUT2D eigenvalue weighted by molar-refractivity contribution is 0.164. The van der Waals surface area contributed by atoms with E-state index in [9.17, 15) is 23.2 Å². The fraction of sp³-hybridized carbons (Fsp3) is 0.0323. The van der Waals surface area contributed by atoms with E-state index < -0.39 is 15.7 Å². The molecule has 0 amide bonds. The predicted molar refractivity (Wildman–Crippen MR) is 148 cm³/mol. The first-order valence-electron chi connectivity index (χ1n) is 12.1. The van der Waals surface area contributed by atoms with Gasteiger partial charge in [-0.3, -0.25) is 4.55 Å². The zero-order valence-electron chi connectivity index (χ0n) is 20.2. The average molecular weight is 537 g/mol. The van der Waals surface area contributed by atoms with Crippen LogP contribution in [0.15, 0.2) is 106 Å². The van der Waals surface area contributed by atoms with Crippen LogP contribution < -0.4 is 4.74 Å². The van der Waals surface area contributed by atoms with E-state index in [4.69, 9.17) is 9.15 Å². The van der Waals surface area contributed by atoms with Crippen LogP contribution >= 0.6 is 0 Å². The van der Waals surface area contributed by atoms with Gasteiger partial charge in [-0.15, -0.1) is 0 Å². The number of furan rings is 1. The van der Waals surface area contributed by atoms with Crippen molar-refractivity contribution in [3.63, 3.8) is 0 Å². The van der Waals surface area contributed by atoms with E-state index in [1.54, 1.807) is 48.5 Å². The summed E-state index contributed by atoms with van der Waals surface area (Å²) in [5.41, 5.74) is 2.14. The molecule has 1 aliphatic rings. The molecular weight excluding hydrogens is 516 g/mol. The van der Waals surface area contributed by atoms with Crippen LogP contribution in [0.4, 0.5) is 0 Å². The molecule has 0 atom stereocenters. The second-order valence-corrected chi connectivity index (χ2v) is 10.9. The molecule has 0 saturated heterocycles. The molecule has 8 heteroatoms. The molecule has 0 aliphatic carbocycles. The molecule has 1 aromatic heterocycles. The van der Waals surface area contributed by atoms with Gasteiger partial charge in [0, 0.05) is 38.2 Å². The molecule has 39 heavy (non-hydrogen) atoms. The van der Waals surface area contributed by atoms with Crippen molar-refractivity contribution in [2.24, 2.45) is 0 Å². The summed E-state index contributed by atoms with van der Waals surface area (Å²) in [7, 11) is -4.43. The van der Waals surface area contributed by atoms with E-state index in [2.05, 4.69) is 0 Å². The van der Waals surface area contributed by atoms with Gasteiger partial charge in [-0.1, -0.05) is 48.5 Å². The maximum absolute atomic E-state index is 11.9. The summed E-state index contributed by atoms with van der Waals surface area (Å²) in [6, 6.07) is 25.4. The highest BCUT2D eigenvalue weighted by Crippen LogP contribution is 2.50. The minimum Gasteiger partial charge on any atom is -0.508 e. The summed E-state index contributed by atoms with van der Waals surface area (Å²) >= 11 is 0. The zero-order chi connectivity index (χ0) is 26.9. The maximum Gasteiger partial charge on any atom is 0.294 e. The molecular formula is C31H20O7S. The molecule has 0 radical (unpaired) electrons. The van der Waals surface area contributed by atoms with Gasteiger partial charge >= 0.3 is 0 Å². The molecule has 1 aliphatic heterocycles. The van der Waals surface area contributed by atoms with Gasteiger partial charge in [-0.2, -0.15) is 8.42 Å². The quantitative estimate of drug-likeness (QED) is 0.214. The van der Waals surface area contributed by atoms with Crippen molar-refractivity contribution in [2.45, 2.75) is 10.5 Å². The van der Waals surface area contributed by atoms with E-state index in [1.807, 2.05) is 36.4 Å². The molecule has 5 aromatic carbocycles. The Balaban J connectivity index is 1.58. The van der Waals surface area contributed by atoms with Gasteiger partial charge in [-0.05, 0) is 54.6 Å². The van der Waals surface area contributed by atoms with Crippen LogP contribution in [-0.4, -0.2) is 23.2 Å². The van der Waals surface area contributed by atoms with Crippen LogP contribution in [0.5, 0.6) is 17.2 Å². The largest absolute Gasteiger partial charge is 0.508 e. The van der Waals surface area contributed by atoms with Crippen molar-refractivity contribution < 1.29 is 32.3 Å². The van der Waals surface area contributed by atoms with Crippen LogP contribution in [0.3, 0.4) is 0 Å². The number of phenolic OH excluding ortho intramolecular Hbond substituents is 2. The molecule has 2 heterocycles. The lowest BCUT2D eigenvalue weighted by Gasteiger charge is -2.37. The Bertz CT molecular complexity index is 2030. The van der Waals surface area contributed by atoms with Gasteiger partial charge in [-0.25, -0.2) is 0 Å². The SMILES string of the molecule is O=S(=O)(O)c1ccc2oc3c4ccccc4c4c(c3c2c1)C=CC(c1ccc(O)cc1)(c1ccc(O)cc1)O4. The van der Waals surface area contributed by atoms with E-state index >= 15 is 0 Å². The fourth-order valence-electron chi connectivity index (χ4n) is 5.39. The van der Waals surface area contributed by atoms with Crippen molar-refractivity contribution in [1.29, 1.82) is 0 Å². The van der Waals surface area contributed by atoms with Crippen LogP contribution in [0.2, 0.25) is 0 Å². The minimum atomic E-state index is -4.43. The van der Waals surface area contributed by atoms with Crippen molar-refractivity contribution in [1.82, 2.24) is 0 Å². The molecule has 3 N–H and O–H groups in total. The third-order valence-electron chi connectivity index (χ3n) is 7.23. The standard InChI is InChI=1S/C31H20O7S/c32-20-9-5-18(6-10-20)31(19-7-11-21(33)12-8-19)16-15-25-28-26-17-22(39(34,35)36)13-14-27(26)37-30(28)24-4-2-1-3-23(24)29(25)38-31/h1-17,32-33H,(H,34,35,36). The van der Waals surface area contributed by atoms with E-state index in [0.29, 0.717) is 33.3 Å². The van der Waals surface area contributed by atoms with Crippen molar-refractivity contribution in [3.05, 3.63) is 114 Å². The van der Waals surface area contributed by atoms with Crippen molar-refractivity contribution in [3.8, 4) is 17.2 Å². The lowest BCUT2D eigenvalue weighted by atomic mass is 9.82. The topological polar surface area (TPSA) is 117 Å². The van der Waals surface area contributed by atoms with Gasteiger partial charge in [0.1, 0.15) is 28.4 Å². The smallest absolute Gasteiger partial charge is 0.294 e. The van der Waals surface area contributed by atoms with Gasteiger partial charge < -0.3 is 19.4 Å². The van der Waals surface area contributed by atoms with Crippen LogP contribution in [0.25, 0.3) is 38.8 Å². The van der Waals surface area contributed by atoms with Crippen molar-refractivity contribution in [2.75, 3.05) is 0 Å². The van der Waals surface area contributed by atoms with Crippen LogP contribution in [-0.2, 0) is 15.7 Å². The third-order valence-corrected chi connectivity index (χ3v) is 8.08. The maximum atomic E-state index is 11.9. The highest BCUT2D eigenvalue weighted by atomic mass is 32.2. The summed E-state index contributed by atoms with van der Waals surface area (Å²) in [6.45, 7) is 0. The van der Waals surface area contributed by atoms with Gasteiger partial charge in [0.15, 0.2) is 5.60 Å². The Morgan fingerprint density at radius 3 is 1.95 bits per heavy atom. The Labute approximate surface area is 222 Å². The lowest BCUT2D eigenvalue weighted by Crippen LogP contribution is -2.34. The Morgan fingerprint density at radius 1 is 0.718 bits per heavy atom. The third kappa shape index (κ3) is 3.49. The summed E-state index contributed by atoms with van der Waals surface area (Å²) in [6.07, 6.45) is 3.82. The first kappa shape index (κ1) is 23.3. The van der Waals surface area contributed by atoms with Crippen LogP contribution in [0, 0.1) is 0 Å². The fourth-order valence-corrected chi connectivity index (χ4v) is 5.90. The first-order chi connectivity index (χ1) is 18.7. The monoisotopic (exact) mass is 536 g/mol. The van der Waals surface area contributed by atoms with Gasteiger partial charge in [0.25, 0.3) is 10.1 Å². The molecule has 0 fully saturated rings. The summed E-state index contributed by atoms with van der Waals surface area (Å²) in [4.78, 5) is -0.233. The second-order valence-electron chi connectivity index (χ2n) is 9.49. The molecule has 0 unspecified atom stereocenters. The van der Waals surface area contributed by atoms with E-state index in [0.717, 1.165) is 21.9 Å². The highest BCUT2D eigenvalue weighted by molar-refractivity contribution is 7.85. The average Bonchev–Trinajstić information content (AvgIpc) is 3.32. The molecule has 7 rings (SSSR count). The first-order valence-corrected chi connectivity index (χ1v) is 13.5. The molecule has 6 aromatic rings. The van der Waals surface area contributed by atoms with Gasteiger partial charge in [0.2, 0.25) is 0 Å². The van der Waals surface area contributed by atoms with E-state index in [-0.39, 0.29) is 16.4 Å². The number of ether oxygens (including phenoxy) is 1. The Kier molecular flexibility index (Phi) is 4.85. The van der Waals surface area contributed by atoms with Crippen LogP contribution in [0.1, 0.15) is 16.7 Å². The normalized spacial score (nSPS) is 14.5. The molecule has 192 valence electrons. The van der Waals surface area contributed by atoms with Crippen molar-refractivity contribution >= 4 is 48.9 Å².